The molecule has 3 heteroatoms. The summed E-state index contributed by atoms with van der Waals surface area (Å²) in [7, 11) is 0. The van der Waals surface area contributed by atoms with Gasteiger partial charge in [-0.2, -0.15) is 0 Å². The summed E-state index contributed by atoms with van der Waals surface area (Å²) in [5, 5.41) is 0. The normalized spacial score (nSPS) is 27.6. The molecule has 0 spiro atoms. The quantitative estimate of drug-likeness (QED) is 0.271. The predicted molar refractivity (Wildman–Crippen MR) is 216 cm³/mol. The van der Waals surface area contributed by atoms with E-state index in [-0.39, 0.29) is 6.04 Å². The maximum absolute atomic E-state index is 2.70. The van der Waals surface area contributed by atoms with Crippen molar-refractivity contribution in [3.8, 4) is 0 Å². The number of thiophene rings is 1. The summed E-state index contributed by atoms with van der Waals surface area (Å²) < 4.78 is 0. The van der Waals surface area contributed by atoms with Crippen LogP contribution in [0.5, 0.6) is 0 Å². The molecular formula is C48H42N2S. The molecular weight excluding hydrogens is 637 g/mol. The Bertz CT molecular complexity index is 2290. The summed E-state index contributed by atoms with van der Waals surface area (Å²) >= 11 is 2.02. The Kier molecular flexibility index (Phi) is 6.93. The fraction of sp³-hybridized carbons (Fsp3) is 0.250. The highest BCUT2D eigenvalue weighted by Crippen LogP contribution is 2.52. The smallest absolute Gasteiger partial charge is 0.0629 e. The molecule has 0 saturated heterocycles. The van der Waals surface area contributed by atoms with Gasteiger partial charge in [0.2, 0.25) is 0 Å². The summed E-state index contributed by atoms with van der Waals surface area (Å²) in [6, 6.07) is 17.0. The molecule has 51 heavy (non-hydrogen) atoms. The van der Waals surface area contributed by atoms with Gasteiger partial charge in [-0.25, -0.2) is 0 Å². The first-order valence-corrected chi connectivity index (χ1v) is 19.9. The summed E-state index contributed by atoms with van der Waals surface area (Å²) in [6.07, 6.45) is 46.4. The van der Waals surface area contributed by atoms with Crippen LogP contribution in [0.1, 0.15) is 81.5 Å². The van der Waals surface area contributed by atoms with Crippen molar-refractivity contribution in [3.05, 3.63) is 182 Å². The number of allylic oxidation sites excluding steroid dienone is 13. The molecule has 0 radical (unpaired) electrons. The molecule has 0 fully saturated rings. The van der Waals surface area contributed by atoms with Gasteiger partial charge in [0.1, 0.15) is 0 Å². The van der Waals surface area contributed by atoms with Gasteiger partial charge in [-0.1, -0.05) is 109 Å². The topological polar surface area (TPSA) is 6.48 Å². The Morgan fingerprint density at radius 2 is 1.59 bits per heavy atom. The van der Waals surface area contributed by atoms with Crippen LogP contribution in [0.4, 0.5) is 11.4 Å². The number of hydrogen-bond donors (Lipinski definition) is 0. The lowest BCUT2D eigenvalue weighted by Gasteiger charge is -2.33. The zero-order chi connectivity index (χ0) is 33.5. The minimum atomic E-state index is 0.282. The number of aryl methyl sites for hydroxylation is 1. The molecule has 0 bridgehead atoms. The highest BCUT2D eigenvalue weighted by Gasteiger charge is 2.41. The zero-order valence-electron chi connectivity index (χ0n) is 28.9. The summed E-state index contributed by atoms with van der Waals surface area (Å²) in [6.45, 7) is 0. The van der Waals surface area contributed by atoms with E-state index in [9.17, 15) is 0 Å². The predicted octanol–water partition coefficient (Wildman–Crippen LogP) is 11.8. The number of para-hydroxylation sites is 1. The number of fused-ring (bicyclic) bond motifs is 9. The van der Waals surface area contributed by atoms with E-state index in [1.807, 2.05) is 11.3 Å². The van der Waals surface area contributed by atoms with E-state index >= 15 is 0 Å². The summed E-state index contributed by atoms with van der Waals surface area (Å²) in [5.74, 6) is 1.19. The standard InChI is InChI=1S/C48H42N2S/c1-2-10-31(11-3-1)32-18-22-35(23-19-32)49-44-16-8-5-13-38(44)41-28-33(21-26-45(41)49)34-20-25-39-37-12-4-7-15-43(37)50(46(39)29-34)36-24-27-48-42(30-36)40-14-6-9-17-47(40)51-48/h2,4-5,7-13,15-18,20-23,25-26,28-30,32,37,41,43,45H,1,3,6,14,19,24,27H2. The molecule has 3 aromatic rings. The lowest BCUT2D eigenvalue weighted by molar-refractivity contribution is 0.702. The van der Waals surface area contributed by atoms with Crippen molar-refractivity contribution < 1.29 is 0 Å². The number of nitrogens with zero attached hydrogens (tertiary/aromatic N) is 2. The number of hydrogen-bond acceptors (Lipinski definition) is 3. The largest absolute Gasteiger partial charge is 0.337 e. The number of rotatable bonds is 4. The van der Waals surface area contributed by atoms with E-state index in [0.29, 0.717) is 23.8 Å². The van der Waals surface area contributed by atoms with Crippen molar-refractivity contribution in [1.82, 2.24) is 0 Å². The van der Waals surface area contributed by atoms with E-state index < -0.39 is 0 Å². The van der Waals surface area contributed by atoms with Gasteiger partial charge in [0.25, 0.3) is 0 Å². The molecule has 6 aliphatic carbocycles. The Morgan fingerprint density at radius 1 is 0.686 bits per heavy atom. The van der Waals surface area contributed by atoms with Crippen LogP contribution in [0.3, 0.4) is 0 Å². The van der Waals surface area contributed by atoms with E-state index in [1.54, 1.807) is 10.4 Å². The van der Waals surface area contributed by atoms with Crippen molar-refractivity contribution in [2.24, 2.45) is 5.92 Å². The van der Waals surface area contributed by atoms with Crippen LogP contribution >= 0.6 is 11.3 Å². The molecule has 5 unspecified atom stereocenters. The molecule has 3 heterocycles. The molecule has 0 amide bonds. The van der Waals surface area contributed by atoms with Crippen molar-refractivity contribution in [2.75, 3.05) is 9.80 Å². The van der Waals surface area contributed by atoms with Crippen LogP contribution in [0.15, 0.2) is 144 Å². The van der Waals surface area contributed by atoms with E-state index in [1.165, 1.54) is 80.3 Å². The molecule has 2 aromatic carbocycles. The Hall–Kier alpha value is -4.86. The second-order valence-electron chi connectivity index (χ2n) is 15.2. The Labute approximate surface area is 305 Å². The van der Waals surface area contributed by atoms with Gasteiger partial charge in [0.15, 0.2) is 0 Å². The minimum Gasteiger partial charge on any atom is -0.337 e. The molecule has 8 aliphatic rings. The van der Waals surface area contributed by atoms with E-state index in [0.717, 1.165) is 25.7 Å². The van der Waals surface area contributed by atoms with Crippen LogP contribution in [0.25, 0.3) is 17.7 Å². The summed E-state index contributed by atoms with van der Waals surface area (Å²) in [5.41, 5.74) is 15.6. The van der Waals surface area contributed by atoms with Gasteiger partial charge in [-0.05, 0) is 114 Å². The maximum Gasteiger partial charge on any atom is 0.0629 e. The monoisotopic (exact) mass is 678 g/mol. The van der Waals surface area contributed by atoms with Crippen molar-refractivity contribution in [1.29, 1.82) is 0 Å². The molecule has 2 aliphatic heterocycles. The molecule has 2 nitrogen and oxygen atoms in total. The highest BCUT2D eigenvalue weighted by molar-refractivity contribution is 7.13. The third-order valence-corrected chi connectivity index (χ3v) is 13.7. The lowest BCUT2D eigenvalue weighted by atomic mass is 9.85. The third-order valence-electron chi connectivity index (χ3n) is 12.5. The molecule has 0 N–H and O–H groups in total. The fourth-order valence-electron chi connectivity index (χ4n) is 10.0. The summed E-state index contributed by atoms with van der Waals surface area (Å²) in [4.78, 5) is 8.36. The van der Waals surface area contributed by atoms with Crippen molar-refractivity contribution in [3.63, 3.8) is 0 Å². The van der Waals surface area contributed by atoms with Crippen molar-refractivity contribution in [2.45, 2.75) is 68.9 Å². The maximum atomic E-state index is 2.70. The minimum absolute atomic E-state index is 0.282. The van der Waals surface area contributed by atoms with Gasteiger partial charge in [-0.3, -0.25) is 0 Å². The van der Waals surface area contributed by atoms with Gasteiger partial charge in [0.05, 0.1) is 12.1 Å². The van der Waals surface area contributed by atoms with Crippen molar-refractivity contribution >= 4 is 40.4 Å². The first-order chi connectivity index (χ1) is 25.3. The van der Waals surface area contributed by atoms with Gasteiger partial charge in [0, 0.05) is 50.3 Å². The second kappa shape index (κ2) is 11.9. The van der Waals surface area contributed by atoms with Crippen LogP contribution in [0, 0.1) is 5.92 Å². The average Bonchev–Trinajstić information content (AvgIpc) is 3.85. The number of anilines is 2. The molecule has 1 aromatic heterocycles. The van der Waals surface area contributed by atoms with E-state index in [4.69, 9.17) is 0 Å². The van der Waals surface area contributed by atoms with Gasteiger partial charge < -0.3 is 9.80 Å². The highest BCUT2D eigenvalue weighted by atomic mass is 32.1. The third kappa shape index (κ3) is 4.74. The van der Waals surface area contributed by atoms with E-state index in [2.05, 4.69) is 149 Å². The second-order valence-corrected chi connectivity index (χ2v) is 16.4. The molecule has 11 rings (SSSR count). The average molecular weight is 679 g/mol. The zero-order valence-corrected chi connectivity index (χ0v) is 29.7. The van der Waals surface area contributed by atoms with Gasteiger partial charge in [-0.15, -0.1) is 11.3 Å². The Balaban J connectivity index is 0.935. The van der Waals surface area contributed by atoms with Crippen LogP contribution in [-0.4, -0.2) is 12.1 Å². The molecule has 5 atom stereocenters. The molecule has 0 saturated carbocycles. The first-order valence-electron chi connectivity index (χ1n) is 19.1. The fourth-order valence-corrected chi connectivity index (χ4v) is 11.3. The SMILES string of the molecule is C1=CC2c3ccc(C4=CC5c6ccccc6N(C6=CCC(C7=CCCC=C7)C=C6)C5C=C4)cc3N(C3=Cc4c(sc5c4CCC=C5)CC3)C2C=C1. The van der Waals surface area contributed by atoms with Crippen LogP contribution < -0.4 is 9.80 Å². The Morgan fingerprint density at radius 3 is 2.51 bits per heavy atom. The van der Waals surface area contributed by atoms with Crippen LogP contribution in [0.2, 0.25) is 0 Å². The van der Waals surface area contributed by atoms with Crippen LogP contribution in [-0.2, 0) is 12.8 Å². The lowest BCUT2D eigenvalue weighted by Crippen LogP contribution is -2.33. The molecule has 250 valence electrons. The first kappa shape index (κ1) is 29.8. The number of benzene rings is 2. The van der Waals surface area contributed by atoms with Gasteiger partial charge >= 0.3 is 0 Å².